The first-order valence-electron chi connectivity index (χ1n) is 11.8. The maximum atomic E-state index is 12.1. The van der Waals surface area contributed by atoms with E-state index in [9.17, 15) is 10.1 Å². The van der Waals surface area contributed by atoms with E-state index in [0.29, 0.717) is 23.9 Å². The van der Waals surface area contributed by atoms with Crippen LogP contribution in [-0.4, -0.2) is 21.6 Å². The van der Waals surface area contributed by atoms with Crippen LogP contribution in [0.3, 0.4) is 0 Å². The molecule has 0 bridgehead atoms. The summed E-state index contributed by atoms with van der Waals surface area (Å²) in [6.45, 7) is 4.26. The van der Waals surface area contributed by atoms with Crippen LogP contribution in [-0.2, 0) is 6.61 Å². The third kappa shape index (κ3) is 4.73. The molecule has 8 heteroatoms. The molecule has 7 nitrogen and oxygen atoms in total. The zero-order valence-corrected chi connectivity index (χ0v) is 20.6. The Morgan fingerprint density at radius 1 is 1.26 bits per heavy atom. The van der Waals surface area contributed by atoms with Gasteiger partial charge in [0.15, 0.2) is 0 Å². The number of hydrogen-bond donors (Lipinski definition) is 2. The van der Waals surface area contributed by atoms with Gasteiger partial charge in [0.25, 0.3) is 0 Å². The molecule has 0 atom stereocenters. The summed E-state index contributed by atoms with van der Waals surface area (Å²) in [5.41, 5.74) is 4.25. The molecule has 2 heterocycles. The zero-order chi connectivity index (χ0) is 24.4. The van der Waals surface area contributed by atoms with Crippen molar-refractivity contribution in [1.29, 1.82) is 5.26 Å². The van der Waals surface area contributed by atoms with E-state index in [1.807, 2.05) is 61.7 Å². The Bertz CT molecular complexity index is 1380. The monoisotopic (exact) mass is 485 g/mol. The van der Waals surface area contributed by atoms with Crippen LogP contribution < -0.4 is 15.4 Å². The van der Waals surface area contributed by atoms with Crippen LogP contribution in [0, 0.1) is 11.3 Å². The fourth-order valence-electron chi connectivity index (χ4n) is 4.41. The van der Waals surface area contributed by atoms with Gasteiger partial charge in [0, 0.05) is 40.8 Å². The van der Waals surface area contributed by atoms with Gasteiger partial charge in [-0.25, -0.2) is 9.78 Å². The summed E-state index contributed by atoms with van der Waals surface area (Å²) in [6, 6.07) is 16.3. The first kappa shape index (κ1) is 22.9. The molecule has 5 rings (SSSR count). The van der Waals surface area contributed by atoms with Crippen molar-refractivity contribution in [2.24, 2.45) is 0 Å². The molecular formula is C27H27N5O2S. The van der Waals surface area contributed by atoms with E-state index in [1.165, 1.54) is 6.42 Å². The molecule has 0 radical (unpaired) electrons. The number of urea groups is 1. The Hall–Kier alpha value is -3.83. The average Bonchev–Trinajstić information content (AvgIpc) is 3.43. The number of benzene rings is 2. The minimum absolute atomic E-state index is 0.0566. The number of nitriles is 1. The predicted octanol–water partition coefficient (Wildman–Crippen LogP) is 6.47. The van der Waals surface area contributed by atoms with Gasteiger partial charge in [-0.05, 0) is 62.9 Å². The molecular weight excluding hydrogens is 458 g/mol. The smallest absolute Gasteiger partial charge is 0.319 e. The molecule has 1 saturated carbocycles. The molecule has 35 heavy (non-hydrogen) atoms. The quantitative estimate of drug-likeness (QED) is 0.314. The van der Waals surface area contributed by atoms with Crippen molar-refractivity contribution in [1.82, 2.24) is 14.9 Å². The molecule has 2 aromatic heterocycles. The number of carbonyl (C=O) groups excluding carboxylic acids is 1. The topological polar surface area (TPSA) is 92.0 Å². The van der Waals surface area contributed by atoms with Crippen LogP contribution >= 0.6 is 11.3 Å². The van der Waals surface area contributed by atoms with Crippen molar-refractivity contribution in [3.05, 3.63) is 64.6 Å². The molecule has 0 unspecified atom stereocenters. The van der Waals surface area contributed by atoms with Gasteiger partial charge in [0.05, 0.1) is 16.8 Å². The number of hydrogen-bond acceptors (Lipinski definition) is 5. The molecule has 0 saturated heterocycles. The van der Waals surface area contributed by atoms with E-state index in [4.69, 9.17) is 4.74 Å². The van der Waals surface area contributed by atoms with Gasteiger partial charge in [-0.2, -0.15) is 5.26 Å². The Morgan fingerprint density at radius 2 is 2.06 bits per heavy atom. The van der Waals surface area contributed by atoms with Crippen molar-refractivity contribution in [3.8, 4) is 23.1 Å². The highest BCUT2D eigenvalue weighted by atomic mass is 32.1. The molecule has 1 aliphatic carbocycles. The van der Waals surface area contributed by atoms with Gasteiger partial charge in [0.2, 0.25) is 0 Å². The summed E-state index contributed by atoms with van der Waals surface area (Å²) >= 11 is 1.57. The van der Waals surface area contributed by atoms with E-state index < -0.39 is 0 Å². The number of fused-ring (bicyclic) bond motifs is 1. The highest BCUT2D eigenvalue weighted by Crippen LogP contribution is 2.43. The van der Waals surface area contributed by atoms with Crippen LogP contribution in [0.4, 0.5) is 10.5 Å². The first-order valence-corrected chi connectivity index (χ1v) is 12.7. The van der Waals surface area contributed by atoms with Gasteiger partial charge in [-0.3, -0.25) is 0 Å². The van der Waals surface area contributed by atoms with E-state index in [0.717, 1.165) is 45.8 Å². The number of aromatic nitrogens is 2. The maximum Gasteiger partial charge on any atom is 0.319 e. The summed E-state index contributed by atoms with van der Waals surface area (Å²) in [5, 5.41) is 19.6. The summed E-state index contributed by atoms with van der Waals surface area (Å²) in [5.74, 6) is 0.762. The third-order valence-electron chi connectivity index (χ3n) is 6.21. The second-order valence-corrected chi connectivity index (χ2v) is 9.99. The molecule has 2 amide bonds. The Balaban J connectivity index is 1.51. The SMILES string of the molecule is CC(C)NC(=O)Nc1ccc(-c2c(C#N)c3ccc(OCc4nccs4)cc3n2C2CCC2)cc1. The first-order chi connectivity index (χ1) is 17.0. The van der Waals surface area contributed by atoms with E-state index in [-0.39, 0.29) is 12.1 Å². The van der Waals surface area contributed by atoms with Crippen molar-refractivity contribution in [2.75, 3.05) is 5.32 Å². The van der Waals surface area contributed by atoms with Gasteiger partial charge in [0.1, 0.15) is 23.4 Å². The van der Waals surface area contributed by atoms with E-state index >= 15 is 0 Å². The molecule has 1 aliphatic rings. The second kappa shape index (κ2) is 9.80. The molecule has 178 valence electrons. The zero-order valence-electron chi connectivity index (χ0n) is 19.7. The lowest BCUT2D eigenvalue weighted by Gasteiger charge is -2.30. The summed E-state index contributed by atoms with van der Waals surface area (Å²) in [7, 11) is 0. The fraction of sp³-hybridized carbons (Fsp3) is 0.296. The van der Waals surface area contributed by atoms with Crippen LogP contribution in [0.15, 0.2) is 54.0 Å². The molecule has 1 fully saturated rings. The predicted molar refractivity (Wildman–Crippen MR) is 139 cm³/mol. The minimum Gasteiger partial charge on any atom is -0.486 e. The average molecular weight is 486 g/mol. The van der Waals surface area contributed by atoms with Crippen molar-refractivity contribution in [2.45, 2.75) is 51.8 Å². The number of ether oxygens (including phenoxy) is 1. The number of rotatable bonds is 7. The number of carbonyl (C=O) groups is 1. The van der Waals surface area contributed by atoms with E-state index in [2.05, 4.69) is 26.3 Å². The van der Waals surface area contributed by atoms with Crippen molar-refractivity contribution >= 4 is 34.0 Å². The summed E-state index contributed by atoms with van der Waals surface area (Å²) < 4.78 is 8.33. The fourth-order valence-corrected chi connectivity index (χ4v) is 4.94. The lowest BCUT2D eigenvalue weighted by molar-refractivity contribution is 0.250. The molecule has 2 N–H and O–H groups in total. The van der Waals surface area contributed by atoms with Crippen LogP contribution in [0.1, 0.15) is 49.7 Å². The van der Waals surface area contributed by atoms with Crippen LogP contribution in [0.2, 0.25) is 0 Å². The van der Waals surface area contributed by atoms with Gasteiger partial charge in [-0.1, -0.05) is 12.1 Å². The summed E-state index contributed by atoms with van der Waals surface area (Å²) in [6.07, 6.45) is 5.12. The number of anilines is 1. The van der Waals surface area contributed by atoms with Crippen molar-refractivity contribution in [3.63, 3.8) is 0 Å². The van der Waals surface area contributed by atoms with Crippen LogP contribution in [0.25, 0.3) is 22.2 Å². The lowest BCUT2D eigenvalue weighted by atomic mass is 9.92. The van der Waals surface area contributed by atoms with Crippen molar-refractivity contribution < 1.29 is 9.53 Å². The number of nitrogens with zero attached hydrogens (tertiary/aromatic N) is 3. The standard InChI is InChI=1S/C27H27N5O2S/c1-17(2)30-27(33)31-19-8-6-18(7-9-19)26-23(15-28)22-11-10-21(34-16-25-29-12-13-35-25)14-24(22)32(26)20-4-3-5-20/h6-14,17,20H,3-5,16H2,1-2H3,(H2,30,31,33). The van der Waals surface area contributed by atoms with Gasteiger partial charge < -0.3 is 19.9 Å². The number of nitrogens with one attached hydrogen (secondary N) is 2. The van der Waals surface area contributed by atoms with E-state index in [1.54, 1.807) is 17.5 Å². The lowest BCUT2D eigenvalue weighted by Crippen LogP contribution is -2.34. The van der Waals surface area contributed by atoms with Crippen LogP contribution in [0.5, 0.6) is 5.75 Å². The largest absolute Gasteiger partial charge is 0.486 e. The summed E-state index contributed by atoms with van der Waals surface area (Å²) in [4.78, 5) is 16.3. The molecule has 0 spiro atoms. The van der Waals surface area contributed by atoms with Gasteiger partial charge >= 0.3 is 6.03 Å². The molecule has 2 aromatic carbocycles. The second-order valence-electron chi connectivity index (χ2n) is 9.01. The Kier molecular flexibility index (Phi) is 6.43. The molecule has 4 aromatic rings. The minimum atomic E-state index is -0.237. The molecule has 0 aliphatic heterocycles. The Labute approximate surface area is 208 Å². The third-order valence-corrected chi connectivity index (χ3v) is 6.96. The Morgan fingerprint density at radius 3 is 2.69 bits per heavy atom. The number of thiazole rings is 1. The highest BCUT2D eigenvalue weighted by Gasteiger charge is 2.28. The highest BCUT2D eigenvalue weighted by molar-refractivity contribution is 7.09. The normalized spacial score (nSPS) is 13.4. The maximum absolute atomic E-state index is 12.1. The van der Waals surface area contributed by atoms with Gasteiger partial charge in [-0.15, -0.1) is 11.3 Å². The number of amides is 2.